The Morgan fingerprint density at radius 2 is 1.59 bits per heavy atom. The quantitative estimate of drug-likeness (QED) is 0.389. The summed E-state index contributed by atoms with van der Waals surface area (Å²) < 4.78 is 0. The molecule has 0 fully saturated rings. The molecule has 0 bridgehead atoms. The fourth-order valence-corrected chi connectivity index (χ4v) is 3.36. The van der Waals surface area contributed by atoms with E-state index in [2.05, 4.69) is 76.1 Å². The lowest BCUT2D eigenvalue weighted by Gasteiger charge is -2.12. The molecule has 4 rings (SSSR count). The number of pyridine rings is 1. The minimum Gasteiger partial charge on any atom is -0.354 e. The normalized spacial score (nSPS) is 10.2. The molecule has 0 amide bonds. The summed E-state index contributed by atoms with van der Waals surface area (Å²) in [4.78, 5) is 13.6. The molecule has 0 aliphatic heterocycles. The van der Waals surface area contributed by atoms with E-state index in [1.807, 2.05) is 38.5 Å². The van der Waals surface area contributed by atoms with Gasteiger partial charge < -0.3 is 10.6 Å². The van der Waals surface area contributed by atoms with Gasteiger partial charge in [-0.2, -0.15) is 0 Å². The lowest BCUT2D eigenvalue weighted by atomic mass is 10.00. The fourth-order valence-electron chi connectivity index (χ4n) is 3.36. The zero-order valence-electron chi connectivity index (χ0n) is 19.0. The summed E-state index contributed by atoms with van der Waals surface area (Å²) >= 11 is 0. The van der Waals surface area contributed by atoms with E-state index in [-0.39, 0.29) is 0 Å². The maximum atomic E-state index is 4.84. The van der Waals surface area contributed by atoms with Crippen LogP contribution in [0.3, 0.4) is 0 Å². The number of hydrogen-bond donors (Lipinski definition) is 2. The first-order valence-electron chi connectivity index (χ1n) is 10.9. The predicted molar refractivity (Wildman–Crippen MR) is 134 cm³/mol. The highest BCUT2D eigenvalue weighted by molar-refractivity contribution is 5.80. The summed E-state index contributed by atoms with van der Waals surface area (Å²) in [6, 6.07) is 22.9. The zero-order chi connectivity index (χ0) is 22.6. The molecule has 0 aliphatic rings. The molecule has 2 heterocycles. The van der Waals surface area contributed by atoms with Gasteiger partial charge in [0.15, 0.2) is 0 Å². The Morgan fingerprint density at radius 3 is 2.31 bits per heavy atom. The van der Waals surface area contributed by atoms with Gasteiger partial charge in [0.1, 0.15) is 0 Å². The Bertz CT molecular complexity index is 1080. The molecule has 2 aromatic carbocycles. The van der Waals surface area contributed by atoms with Crippen molar-refractivity contribution in [1.82, 2.24) is 20.3 Å². The second-order valence-electron chi connectivity index (χ2n) is 7.58. The van der Waals surface area contributed by atoms with Gasteiger partial charge in [0.2, 0.25) is 5.95 Å². The van der Waals surface area contributed by atoms with Crippen molar-refractivity contribution in [2.24, 2.45) is 0 Å². The SMILES string of the molecule is CNC.Cc1cccc(-c2cnc(NCCCc3ccccc3)nc2-c2ccncc2)c1. The standard InChI is InChI=1S/C25H24N4.C2H7N/c1-19-7-5-11-22(17-19)23-18-28-25(29-24(23)21-12-15-26-16-13-21)27-14-6-10-20-8-3-2-4-9-20;1-3-2/h2-5,7-9,11-13,15-18H,6,10,14H2,1H3,(H,27,28,29);3H,1-2H3. The van der Waals surface area contributed by atoms with Gasteiger partial charge in [-0.1, -0.05) is 60.2 Å². The predicted octanol–water partition coefficient (Wildman–Crippen LogP) is 5.39. The monoisotopic (exact) mass is 425 g/mol. The van der Waals surface area contributed by atoms with Gasteiger partial charge in [0, 0.05) is 36.3 Å². The molecule has 0 spiro atoms. The van der Waals surface area contributed by atoms with Crippen molar-refractivity contribution in [2.75, 3.05) is 26.0 Å². The Balaban J connectivity index is 0.000000913. The molecule has 0 radical (unpaired) electrons. The van der Waals surface area contributed by atoms with E-state index in [1.54, 1.807) is 12.4 Å². The van der Waals surface area contributed by atoms with Crippen LogP contribution in [0.4, 0.5) is 5.95 Å². The van der Waals surface area contributed by atoms with Gasteiger partial charge in [-0.3, -0.25) is 4.98 Å². The van der Waals surface area contributed by atoms with Crippen LogP contribution in [-0.4, -0.2) is 35.6 Å². The highest BCUT2D eigenvalue weighted by atomic mass is 15.1. The number of nitrogens with one attached hydrogen (secondary N) is 2. The lowest BCUT2D eigenvalue weighted by molar-refractivity contribution is 0.853. The van der Waals surface area contributed by atoms with Crippen LogP contribution in [0.1, 0.15) is 17.5 Å². The number of hydrogen-bond acceptors (Lipinski definition) is 5. The van der Waals surface area contributed by atoms with E-state index in [0.29, 0.717) is 5.95 Å². The molecular formula is C27H31N5. The Labute approximate surface area is 191 Å². The number of benzene rings is 2. The largest absolute Gasteiger partial charge is 0.354 e. The number of nitrogens with zero attached hydrogens (tertiary/aromatic N) is 3. The van der Waals surface area contributed by atoms with Crippen LogP contribution >= 0.6 is 0 Å². The summed E-state index contributed by atoms with van der Waals surface area (Å²) in [5.74, 6) is 0.654. The maximum Gasteiger partial charge on any atom is 0.223 e. The average molecular weight is 426 g/mol. The molecule has 32 heavy (non-hydrogen) atoms. The first kappa shape index (κ1) is 23.1. The summed E-state index contributed by atoms with van der Waals surface area (Å²) in [7, 11) is 3.75. The molecule has 5 heteroatoms. The van der Waals surface area contributed by atoms with E-state index in [1.165, 1.54) is 11.1 Å². The van der Waals surface area contributed by atoms with Crippen molar-refractivity contribution in [3.05, 3.63) is 96.4 Å². The maximum absolute atomic E-state index is 4.84. The smallest absolute Gasteiger partial charge is 0.223 e. The van der Waals surface area contributed by atoms with Crippen molar-refractivity contribution >= 4 is 5.95 Å². The van der Waals surface area contributed by atoms with Crippen molar-refractivity contribution in [2.45, 2.75) is 19.8 Å². The summed E-state index contributed by atoms with van der Waals surface area (Å²) in [5.41, 5.74) is 6.65. The lowest BCUT2D eigenvalue weighted by Crippen LogP contribution is -2.07. The van der Waals surface area contributed by atoms with Gasteiger partial charge in [-0.15, -0.1) is 0 Å². The van der Waals surface area contributed by atoms with E-state index in [4.69, 9.17) is 4.98 Å². The third-order valence-electron chi connectivity index (χ3n) is 4.84. The first-order valence-corrected chi connectivity index (χ1v) is 10.9. The van der Waals surface area contributed by atoms with Crippen LogP contribution in [0, 0.1) is 6.92 Å². The van der Waals surface area contributed by atoms with Crippen LogP contribution in [0.2, 0.25) is 0 Å². The molecule has 0 aliphatic carbocycles. The van der Waals surface area contributed by atoms with Crippen LogP contribution in [0.5, 0.6) is 0 Å². The minimum atomic E-state index is 0.654. The molecule has 5 nitrogen and oxygen atoms in total. The van der Waals surface area contributed by atoms with Gasteiger partial charge >= 0.3 is 0 Å². The third kappa shape index (κ3) is 6.72. The van der Waals surface area contributed by atoms with Gasteiger partial charge in [0.05, 0.1) is 5.69 Å². The molecular weight excluding hydrogens is 394 g/mol. The van der Waals surface area contributed by atoms with Gasteiger partial charge in [-0.25, -0.2) is 9.97 Å². The van der Waals surface area contributed by atoms with Crippen LogP contribution in [0.15, 0.2) is 85.3 Å². The Morgan fingerprint density at radius 1 is 0.844 bits per heavy atom. The molecule has 0 saturated heterocycles. The molecule has 2 aromatic heterocycles. The Hall–Kier alpha value is -3.57. The Kier molecular flexibility index (Phi) is 8.90. The molecule has 0 atom stereocenters. The first-order chi connectivity index (χ1) is 15.7. The number of rotatable bonds is 7. The minimum absolute atomic E-state index is 0.654. The van der Waals surface area contributed by atoms with Crippen molar-refractivity contribution < 1.29 is 0 Å². The third-order valence-corrected chi connectivity index (χ3v) is 4.84. The highest BCUT2D eigenvalue weighted by Gasteiger charge is 2.12. The molecule has 164 valence electrons. The summed E-state index contributed by atoms with van der Waals surface area (Å²) in [6.07, 6.45) is 7.57. The number of anilines is 1. The molecule has 4 aromatic rings. The van der Waals surface area contributed by atoms with Crippen molar-refractivity contribution in [3.63, 3.8) is 0 Å². The average Bonchev–Trinajstić information content (AvgIpc) is 2.83. The van der Waals surface area contributed by atoms with E-state index in [0.717, 1.165) is 41.8 Å². The van der Waals surface area contributed by atoms with Crippen molar-refractivity contribution in [1.29, 1.82) is 0 Å². The topological polar surface area (TPSA) is 62.7 Å². The highest BCUT2D eigenvalue weighted by Crippen LogP contribution is 2.30. The van der Waals surface area contributed by atoms with Gasteiger partial charge in [0.25, 0.3) is 0 Å². The fraction of sp³-hybridized carbons (Fsp3) is 0.222. The number of aryl methyl sites for hydroxylation is 2. The number of aromatic nitrogens is 3. The van der Waals surface area contributed by atoms with Crippen LogP contribution in [0.25, 0.3) is 22.4 Å². The molecule has 0 unspecified atom stereocenters. The van der Waals surface area contributed by atoms with E-state index < -0.39 is 0 Å². The summed E-state index contributed by atoms with van der Waals surface area (Å²) in [6.45, 7) is 2.92. The van der Waals surface area contributed by atoms with E-state index >= 15 is 0 Å². The van der Waals surface area contributed by atoms with Crippen molar-refractivity contribution in [3.8, 4) is 22.4 Å². The van der Waals surface area contributed by atoms with E-state index in [9.17, 15) is 0 Å². The van der Waals surface area contributed by atoms with Crippen LogP contribution in [-0.2, 0) is 6.42 Å². The zero-order valence-corrected chi connectivity index (χ0v) is 19.0. The second kappa shape index (κ2) is 12.3. The second-order valence-corrected chi connectivity index (χ2v) is 7.58. The van der Waals surface area contributed by atoms with Crippen LogP contribution < -0.4 is 10.6 Å². The van der Waals surface area contributed by atoms with Gasteiger partial charge in [-0.05, 0) is 57.1 Å². The molecule has 0 saturated carbocycles. The molecule has 2 N–H and O–H groups in total. The summed E-state index contributed by atoms with van der Waals surface area (Å²) in [5, 5.41) is 6.13.